The zero-order valence-electron chi connectivity index (χ0n) is 21.8. The third kappa shape index (κ3) is 5.17. The molecule has 3 aromatic carbocycles. The summed E-state index contributed by atoms with van der Waals surface area (Å²) in [5, 5.41) is 12.3. The van der Waals surface area contributed by atoms with Gasteiger partial charge in [0.25, 0.3) is 6.01 Å². The second kappa shape index (κ2) is 11.2. The van der Waals surface area contributed by atoms with Gasteiger partial charge < -0.3 is 29.2 Å². The highest BCUT2D eigenvalue weighted by atomic mass is 16.6. The summed E-state index contributed by atoms with van der Waals surface area (Å²) in [7, 11) is 0. The minimum absolute atomic E-state index is 0.0235. The zero-order valence-corrected chi connectivity index (χ0v) is 21.8. The summed E-state index contributed by atoms with van der Waals surface area (Å²) in [4.78, 5) is 29.1. The van der Waals surface area contributed by atoms with E-state index in [0.29, 0.717) is 35.8 Å². The Hall–Kier alpha value is -5.32. The molecule has 0 radical (unpaired) electrons. The summed E-state index contributed by atoms with van der Waals surface area (Å²) in [5.74, 6) is -1.06. The maximum atomic E-state index is 13.1. The molecule has 5 rings (SSSR count). The van der Waals surface area contributed by atoms with E-state index in [0.717, 1.165) is 16.7 Å². The first kappa shape index (κ1) is 26.3. The Labute approximate surface area is 228 Å². The van der Waals surface area contributed by atoms with Gasteiger partial charge in [-0.05, 0) is 42.7 Å². The molecule has 0 saturated carbocycles. The molecule has 2 aromatic heterocycles. The van der Waals surface area contributed by atoms with Crippen molar-refractivity contribution < 1.29 is 28.3 Å². The van der Waals surface area contributed by atoms with Crippen LogP contribution in [0.4, 0.5) is 0 Å². The van der Waals surface area contributed by atoms with Crippen molar-refractivity contribution in [3.8, 4) is 17.1 Å². The number of imidazole rings is 1. The largest absolute Gasteiger partial charge is 0.519 e. The molecule has 3 N–H and O–H groups in total. The average Bonchev–Trinajstić information content (AvgIpc) is 3.49. The molecule has 0 amide bonds. The minimum atomic E-state index is -0.857. The van der Waals surface area contributed by atoms with Crippen LogP contribution in [0.5, 0.6) is 6.01 Å². The third-order valence-electron chi connectivity index (χ3n) is 6.31. The number of hydrogen-bond donors (Lipinski definition) is 2. The predicted octanol–water partition coefficient (Wildman–Crippen LogP) is 4.46. The van der Waals surface area contributed by atoms with Crippen LogP contribution in [0, 0.1) is 6.92 Å². The van der Waals surface area contributed by atoms with Gasteiger partial charge in [-0.15, -0.1) is 0 Å². The van der Waals surface area contributed by atoms with Gasteiger partial charge in [-0.25, -0.2) is 9.59 Å². The smallest absolute Gasteiger partial charge is 0.465 e. The number of esters is 1. The number of hydrogen-bond acceptors (Lipinski definition) is 9. The third-order valence-corrected chi connectivity index (χ3v) is 6.31. The normalized spacial score (nSPS) is 11.6. The van der Waals surface area contributed by atoms with Crippen molar-refractivity contribution in [2.24, 2.45) is 10.9 Å². The number of benzene rings is 3. The summed E-state index contributed by atoms with van der Waals surface area (Å²) in [6.45, 7) is 3.89. The lowest BCUT2D eigenvalue weighted by Gasteiger charge is -2.13. The molecule has 0 aliphatic rings. The van der Waals surface area contributed by atoms with E-state index in [9.17, 15) is 9.59 Å². The maximum absolute atomic E-state index is 13.1. The number of nitrogens with zero attached hydrogens (tertiary/aromatic N) is 3. The monoisotopic (exact) mass is 542 g/mol. The van der Waals surface area contributed by atoms with E-state index < -0.39 is 11.8 Å². The lowest BCUT2D eigenvalue weighted by molar-refractivity contribution is 0.0444. The van der Waals surface area contributed by atoms with E-state index in [1.165, 1.54) is 0 Å². The summed E-state index contributed by atoms with van der Waals surface area (Å²) in [5.41, 5.74) is 10.5. The molecule has 0 saturated heterocycles. The van der Waals surface area contributed by atoms with E-state index in [-0.39, 0.29) is 29.5 Å². The summed E-state index contributed by atoms with van der Waals surface area (Å²) in [6, 6.07) is 20.7. The highest BCUT2D eigenvalue weighted by Gasteiger charge is 2.21. The fraction of sp³-hybridized carbons (Fsp3) is 0.172. The number of oxime groups is 1. The van der Waals surface area contributed by atoms with Gasteiger partial charge in [0.15, 0.2) is 24.0 Å². The molecule has 0 spiro atoms. The van der Waals surface area contributed by atoms with Gasteiger partial charge >= 0.3 is 11.8 Å². The molecule has 0 aliphatic carbocycles. The van der Waals surface area contributed by atoms with Gasteiger partial charge in [-0.2, -0.15) is 4.98 Å². The Bertz CT molecular complexity index is 1760. The van der Waals surface area contributed by atoms with Crippen LogP contribution in [0.1, 0.15) is 39.9 Å². The highest BCUT2D eigenvalue weighted by molar-refractivity contribution is 6.03. The number of ether oxygens (including phenoxy) is 2. The Morgan fingerprint density at radius 3 is 2.50 bits per heavy atom. The molecule has 5 aromatic rings. The van der Waals surface area contributed by atoms with Crippen molar-refractivity contribution >= 4 is 22.8 Å². The number of carbonyl (C=O) groups is 1. The summed E-state index contributed by atoms with van der Waals surface area (Å²) in [6.07, 6.45) is 0. The fourth-order valence-electron chi connectivity index (χ4n) is 4.41. The second-order valence-electron chi connectivity index (χ2n) is 8.82. The second-order valence-corrected chi connectivity index (χ2v) is 8.82. The molecule has 204 valence electrons. The number of para-hydroxylation sites is 1. The van der Waals surface area contributed by atoms with E-state index in [1.54, 1.807) is 31.2 Å². The SMILES string of the molecule is CCOc1nc2cccc(C(=O)OCc3oc(=O)oc3C)c2n1Cc1ccc(-c2ccccc2C(N)=NO)cc1. The van der Waals surface area contributed by atoms with E-state index in [1.807, 2.05) is 54.0 Å². The van der Waals surface area contributed by atoms with Gasteiger partial charge in [-0.1, -0.05) is 59.8 Å². The minimum Gasteiger partial charge on any atom is -0.465 e. The van der Waals surface area contributed by atoms with Crippen LogP contribution >= 0.6 is 0 Å². The predicted molar refractivity (Wildman–Crippen MR) is 145 cm³/mol. The molecule has 2 heterocycles. The average molecular weight is 543 g/mol. The highest BCUT2D eigenvalue weighted by Crippen LogP contribution is 2.29. The van der Waals surface area contributed by atoms with Gasteiger partial charge in [0.1, 0.15) is 0 Å². The van der Waals surface area contributed by atoms with Gasteiger partial charge in [-0.3, -0.25) is 4.57 Å². The molecule has 11 nitrogen and oxygen atoms in total. The number of amidine groups is 1. The van der Waals surface area contributed by atoms with Crippen LogP contribution in [-0.4, -0.2) is 33.2 Å². The maximum Gasteiger partial charge on any atom is 0.519 e. The van der Waals surface area contributed by atoms with Crippen molar-refractivity contribution in [2.45, 2.75) is 27.0 Å². The zero-order chi connectivity index (χ0) is 28.2. The Kier molecular flexibility index (Phi) is 7.36. The van der Waals surface area contributed by atoms with Crippen LogP contribution in [-0.2, 0) is 17.9 Å². The molecule has 0 bridgehead atoms. The van der Waals surface area contributed by atoms with Crippen molar-refractivity contribution in [2.75, 3.05) is 6.61 Å². The molecule has 0 aliphatic heterocycles. The summed E-state index contributed by atoms with van der Waals surface area (Å²) < 4.78 is 22.8. The van der Waals surface area contributed by atoms with Crippen molar-refractivity contribution in [3.63, 3.8) is 0 Å². The van der Waals surface area contributed by atoms with Crippen LogP contribution in [0.2, 0.25) is 0 Å². The van der Waals surface area contributed by atoms with Crippen molar-refractivity contribution in [1.82, 2.24) is 9.55 Å². The molecule has 11 heteroatoms. The Balaban J connectivity index is 1.47. The van der Waals surface area contributed by atoms with E-state index in [2.05, 4.69) is 10.1 Å². The Morgan fingerprint density at radius 1 is 1.05 bits per heavy atom. The number of nitrogens with two attached hydrogens (primary N) is 1. The lowest BCUT2D eigenvalue weighted by atomic mass is 9.98. The number of aryl methyl sites for hydroxylation is 1. The number of aromatic nitrogens is 2. The number of fused-ring (bicyclic) bond motifs is 1. The van der Waals surface area contributed by atoms with E-state index in [4.69, 9.17) is 29.2 Å². The van der Waals surface area contributed by atoms with Crippen LogP contribution in [0.25, 0.3) is 22.2 Å². The standard InChI is InChI=1S/C29H26N4O7/c1-3-37-28-31-23-10-6-9-22(27(34)38-16-24-17(2)39-29(35)40-24)25(23)33(28)15-18-11-13-19(14-12-18)20-7-4-5-8-21(20)26(30)32-36/h4-14,36H,3,15-16H2,1-2H3,(H2,30,32). The lowest BCUT2D eigenvalue weighted by Crippen LogP contribution is -2.14. The van der Waals surface area contributed by atoms with Gasteiger partial charge in [0.05, 0.1) is 29.7 Å². The number of carbonyl (C=O) groups excluding carboxylic acids is 1. The first-order valence-corrected chi connectivity index (χ1v) is 12.4. The first-order valence-electron chi connectivity index (χ1n) is 12.4. The quantitative estimate of drug-likeness (QED) is 0.0903. The Morgan fingerprint density at radius 2 is 1.80 bits per heavy atom. The van der Waals surface area contributed by atoms with Gasteiger partial charge in [0, 0.05) is 5.56 Å². The summed E-state index contributed by atoms with van der Waals surface area (Å²) >= 11 is 0. The van der Waals surface area contributed by atoms with Crippen LogP contribution in [0.15, 0.2) is 85.5 Å². The van der Waals surface area contributed by atoms with Crippen molar-refractivity contribution in [1.29, 1.82) is 0 Å². The van der Waals surface area contributed by atoms with Crippen molar-refractivity contribution in [3.05, 3.63) is 106 Å². The number of rotatable bonds is 9. The van der Waals surface area contributed by atoms with Crippen LogP contribution in [0.3, 0.4) is 0 Å². The molecule has 0 fully saturated rings. The molecule has 0 atom stereocenters. The van der Waals surface area contributed by atoms with Gasteiger partial charge in [0.2, 0.25) is 0 Å². The molecule has 40 heavy (non-hydrogen) atoms. The first-order chi connectivity index (χ1) is 19.4. The fourth-order valence-corrected chi connectivity index (χ4v) is 4.41. The topological polar surface area (TPSA) is 155 Å². The molecule has 0 unspecified atom stereocenters. The molecular formula is C29H26N4O7. The van der Waals surface area contributed by atoms with E-state index >= 15 is 0 Å². The van der Waals surface area contributed by atoms with Crippen LogP contribution < -0.4 is 16.3 Å². The molecular weight excluding hydrogens is 516 g/mol.